The first-order valence-corrected chi connectivity index (χ1v) is 5.81. The van der Waals surface area contributed by atoms with Crippen molar-refractivity contribution in [1.82, 2.24) is 0 Å². The molecule has 0 fully saturated rings. The molecule has 0 N–H and O–H groups in total. The molecule has 0 saturated carbocycles. The van der Waals surface area contributed by atoms with Crippen LogP contribution in [0.25, 0.3) is 0 Å². The minimum Gasteiger partial charge on any atom is -0.346 e. The molecule has 21 heavy (non-hydrogen) atoms. The van der Waals surface area contributed by atoms with Gasteiger partial charge in [0.1, 0.15) is 13.6 Å². The van der Waals surface area contributed by atoms with Gasteiger partial charge in [-0.15, -0.1) is 0 Å². The molecular weight excluding hydrogens is 307 g/mol. The summed E-state index contributed by atoms with van der Waals surface area (Å²) in [7, 11) is 0. The summed E-state index contributed by atoms with van der Waals surface area (Å²) < 4.78 is 0. The van der Waals surface area contributed by atoms with E-state index in [0.717, 1.165) is 0 Å². The first-order valence-electron chi connectivity index (χ1n) is 5.81. The predicted octanol–water partition coefficient (Wildman–Crippen LogP) is 4.28. The third-order valence-electron chi connectivity index (χ3n) is 1.21. The van der Waals surface area contributed by atoms with Crippen molar-refractivity contribution in [2.75, 3.05) is 0 Å². The zero-order chi connectivity index (χ0) is 16.5. The second-order valence-electron chi connectivity index (χ2n) is 2.15. The van der Waals surface area contributed by atoms with Gasteiger partial charge in [-0.1, -0.05) is 0 Å². The maximum absolute atomic E-state index is 8.00. The molecule has 2 rings (SSSR count). The summed E-state index contributed by atoms with van der Waals surface area (Å²) in [6.45, 7) is 14.0. The Hall–Kier alpha value is -1.73. The molecule has 0 amide bonds. The van der Waals surface area contributed by atoms with Crippen molar-refractivity contribution in [3.8, 4) is 0 Å². The molecule has 3 heteroatoms. The molecule has 0 aromatic heterocycles. The first kappa shape index (κ1) is 31.6. The maximum atomic E-state index is 8.00. The van der Waals surface area contributed by atoms with Gasteiger partial charge in [-0.25, -0.2) is 0 Å². The van der Waals surface area contributed by atoms with Gasteiger partial charge >= 0.3 is 0 Å². The normalized spacial score (nSPS) is 5.52. The van der Waals surface area contributed by atoms with Gasteiger partial charge in [0.2, 0.25) is 0 Å². The number of benzene rings is 2. The van der Waals surface area contributed by atoms with Crippen LogP contribution in [0, 0.1) is 26.0 Å². The fraction of sp³-hybridized carbons (Fsp3) is 0.111. The number of hydrogen-bond donors (Lipinski definition) is 0. The standard InChI is InChI=1S/2C6H5.2C2H5.2CH2O.Ni/c2*1-2-4-6-5-3-1;4*1-2;/h2*1-5H;2*1H2,2H3;2*1H2;/q4*-1;;;. The van der Waals surface area contributed by atoms with E-state index in [1.807, 2.05) is 74.2 Å². The predicted molar refractivity (Wildman–Crippen MR) is 86.9 cm³/mol. The van der Waals surface area contributed by atoms with Crippen LogP contribution in [0.1, 0.15) is 13.8 Å². The van der Waals surface area contributed by atoms with Crippen LogP contribution >= 0.6 is 0 Å². The van der Waals surface area contributed by atoms with Gasteiger partial charge in [0, 0.05) is 16.5 Å². The van der Waals surface area contributed by atoms with Crippen LogP contribution in [0.3, 0.4) is 0 Å². The van der Waals surface area contributed by atoms with Crippen molar-refractivity contribution in [3.63, 3.8) is 0 Å². The average Bonchev–Trinajstić information content (AvgIpc) is 2.65. The molecule has 0 aliphatic carbocycles. The molecule has 0 aliphatic heterocycles. The van der Waals surface area contributed by atoms with Crippen molar-refractivity contribution in [1.29, 1.82) is 0 Å². The van der Waals surface area contributed by atoms with Crippen LogP contribution in [0.15, 0.2) is 60.7 Å². The Morgan fingerprint density at radius 3 is 0.810 bits per heavy atom. The molecule has 2 aromatic carbocycles. The van der Waals surface area contributed by atoms with E-state index >= 15 is 0 Å². The Kier molecular flexibility index (Phi) is 77.7. The minimum absolute atomic E-state index is 0. The van der Waals surface area contributed by atoms with Crippen molar-refractivity contribution >= 4 is 13.6 Å². The second-order valence-corrected chi connectivity index (χ2v) is 2.15. The zero-order valence-electron chi connectivity index (χ0n) is 12.7. The van der Waals surface area contributed by atoms with Crippen LogP contribution in [0.5, 0.6) is 0 Å². The van der Waals surface area contributed by atoms with E-state index in [-0.39, 0.29) is 16.5 Å². The van der Waals surface area contributed by atoms with Crippen LogP contribution in [0.2, 0.25) is 0 Å². The Labute approximate surface area is 140 Å². The molecule has 2 nitrogen and oxygen atoms in total. The van der Waals surface area contributed by atoms with E-state index in [9.17, 15) is 0 Å². The molecular formula is C18H24NiO2-4. The number of rotatable bonds is 0. The Morgan fingerprint density at radius 2 is 0.762 bits per heavy atom. The van der Waals surface area contributed by atoms with E-state index < -0.39 is 0 Å². The summed E-state index contributed by atoms with van der Waals surface area (Å²) >= 11 is 0. The van der Waals surface area contributed by atoms with Gasteiger partial charge < -0.3 is 23.4 Å². The second kappa shape index (κ2) is 51.7. The Bertz CT molecular complexity index is 214. The average molecular weight is 331 g/mol. The summed E-state index contributed by atoms with van der Waals surface area (Å²) in [4.78, 5) is 16.0. The fourth-order valence-electron chi connectivity index (χ4n) is 0.684. The summed E-state index contributed by atoms with van der Waals surface area (Å²) in [5.41, 5.74) is 0. The van der Waals surface area contributed by atoms with Crippen LogP contribution < -0.4 is 0 Å². The van der Waals surface area contributed by atoms with Gasteiger partial charge in [-0.05, 0) is 0 Å². The third-order valence-corrected chi connectivity index (χ3v) is 1.21. The maximum Gasteiger partial charge on any atom is 0.106 e. The molecule has 0 radical (unpaired) electrons. The van der Waals surface area contributed by atoms with Gasteiger partial charge in [0.25, 0.3) is 0 Å². The van der Waals surface area contributed by atoms with Crippen molar-refractivity contribution < 1.29 is 26.1 Å². The molecule has 0 spiro atoms. The molecule has 0 heterocycles. The SMILES string of the molecule is C=O.C=O.[CH2-]C.[CH2-]C.[Ni].[c-]1ccccc1.[c-]1ccccc1. The number of hydrogen-bond acceptors (Lipinski definition) is 2. The molecule has 0 atom stereocenters. The number of carbonyl (C=O) groups excluding carboxylic acids is 2. The van der Waals surface area contributed by atoms with E-state index in [2.05, 4.69) is 26.0 Å². The summed E-state index contributed by atoms with van der Waals surface area (Å²) in [5, 5.41) is 0. The minimum atomic E-state index is 0. The number of carbonyl (C=O) groups is 2. The fourth-order valence-corrected chi connectivity index (χ4v) is 0.684. The first-order chi connectivity index (χ1) is 10.0. The summed E-state index contributed by atoms with van der Waals surface area (Å²) in [6.07, 6.45) is 0. The van der Waals surface area contributed by atoms with Crippen molar-refractivity contribution in [3.05, 3.63) is 86.6 Å². The van der Waals surface area contributed by atoms with Crippen LogP contribution in [-0.2, 0) is 26.1 Å². The molecule has 2 aromatic rings. The van der Waals surface area contributed by atoms with Crippen molar-refractivity contribution in [2.45, 2.75) is 13.8 Å². The quantitative estimate of drug-likeness (QED) is 0.533. The molecule has 0 bridgehead atoms. The largest absolute Gasteiger partial charge is 0.346 e. The van der Waals surface area contributed by atoms with Gasteiger partial charge in [-0.3, -0.25) is 0 Å². The molecule has 0 unspecified atom stereocenters. The van der Waals surface area contributed by atoms with E-state index in [1.165, 1.54) is 0 Å². The van der Waals surface area contributed by atoms with E-state index in [0.29, 0.717) is 0 Å². The summed E-state index contributed by atoms with van der Waals surface area (Å²) in [5.74, 6) is 0. The zero-order valence-corrected chi connectivity index (χ0v) is 13.7. The smallest absolute Gasteiger partial charge is 0.106 e. The monoisotopic (exact) mass is 330 g/mol. The van der Waals surface area contributed by atoms with Gasteiger partial charge in [-0.2, -0.15) is 86.6 Å². The van der Waals surface area contributed by atoms with Crippen LogP contribution in [-0.4, -0.2) is 13.6 Å². The topological polar surface area (TPSA) is 34.1 Å². The van der Waals surface area contributed by atoms with E-state index in [1.54, 1.807) is 13.8 Å². The van der Waals surface area contributed by atoms with Gasteiger partial charge in [0.15, 0.2) is 0 Å². The Balaban J connectivity index is -0.0000000539. The molecule has 0 aliphatic rings. The third kappa shape index (κ3) is 45.9. The van der Waals surface area contributed by atoms with Crippen LogP contribution in [0.4, 0.5) is 0 Å². The van der Waals surface area contributed by atoms with E-state index in [4.69, 9.17) is 9.59 Å². The summed E-state index contributed by atoms with van der Waals surface area (Å²) in [6, 6.07) is 25.0. The molecule has 0 saturated heterocycles. The van der Waals surface area contributed by atoms with Gasteiger partial charge in [0.05, 0.1) is 0 Å². The van der Waals surface area contributed by atoms with Crippen molar-refractivity contribution in [2.24, 2.45) is 0 Å². The molecule has 122 valence electrons. The Morgan fingerprint density at radius 1 is 0.571 bits per heavy atom.